The lowest BCUT2D eigenvalue weighted by Crippen LogP contribution is -2.28. The van der Waals surface area contributed by atoms with Crippen molar-refractivity contribution in [1.82, 2.24) is 5.32 Å². The summed E-state index contributed by atoms with van der Waals surface area (Å²) in [7, 11) is 0. The van der Waals surface area contributed by atoms with E-state index in [0.717, 1.165) is 18.4 Å². The summed E-state index contributed by atoms with van der Waals surface area (Å²) in [5, 5.41) is 3.44. The Morgan fingerprint density at radius 2 is 2.19 bits per heavy atom. The highest BCUT2D eigenvalue weighted by atomic mass is 19.1. The maximum Gasteiger partial charge on any atom is 0.123 e. The predicted octanol–water partition coefficient (Wildman–Crippen LogP) is 3.83. The van der Waals surface area contributed by atoms with Crippen LogP contribution in [0, 0.1) is 5.82 Å². The Morgan fingerprint density at radius 3 is 2.81 bits per heavy atom. The molecule has 88 valence electrons. The summed E-state index contributed by atoms with van der Waals surface area (Å²) in [4.78, 5) is 0. The summed E-state index contributed by atoms with van der Waals surface area (Å²) in [5.41, 5.74) is 0.991. The van der Waals surface area contributed by atoms with Gasteiger partial charge in [0.05, 0.1) is 0 Å². The molecule has 1 rings (SSSR count). The third-order valence-electron chi connectivity index (χ3n) is 2.69. The molecular weight excluding hydrogens is 201 g/mol. The van der Waals surface area contributed by atoms with Crippen LogP contribution in [0.5, 0.6) is 0 Å². The fourth-order valence-corrected chi connectivity index (χ4v) is 1.75. The van der Waals surface area contributed by atoms with Crippen LogP contribution in [0.15, 0.2) is 36.9 Å². The number of rotatable bonds is 6. The van der Waals surface area contributed by atoms with Gasteiger partial charge in [-0.15, -0.1) is 6.58 Å². The van der Waals surface area contributed by atoms with E-state index in [9.17, 15) is 4.39 Å². The van der Waals surface area contributed by atoms with Gasteiger partial charge in [-0.3, -0.25) is 0 Å². The molecular formula is C14H20FN. The normalized spacial score (nSPS) is 14.4. The highest BCUT2D eigenvalue weighted by molar-refractivity contribution is 5.19. The molecule has 0 aliphatic heterocycles. The maximum absolute atomic E-state index is 13.0. The smallest absolute Gasteiger partial charge is 0.123 e. The first-order chi connectivity index (χ1) is 7.63. The van der Waals surface area contributed by atoms with E-state index in [1.54, 1.807) is 12.1 Å². The van der Waals surface area contributed by atoms with Crippen LogP contribution < -0.4 is 5.32 Å². The summed E-state index contributed by atoms with van der Waals surface area (Å²) in [6.45, 7) is 7.90. The van der Waals surface area contributed by atoms with Crippen molar-refractivity contribution >= 4 is 0 Å². The van der Waals surface area contributed by atoms with E-state index in [0.29, 0.717) is 6.04 Å². The molecule has 0 saturated heterocycles. The molecule has 2 heteroatoms. The minimum atomic E-state index is -0.176. The molecule has 1 aromatic rings. The van der Waals surface area contributed by atoms with E-state index in [4.69, 9.17) is 0 Å². The van der Waals surface area contributed by atoms with Gasteiger partial charge in [0, 0.05) is 12.1 Å². The SMILES string of the molecule is C=CCCC(C)NC(C)c1cccc(F)c1. The standard InChI is InChI=1S/C14H20FN/c1-4-5-7-11(2)16-12(3)13-8-6-9-14(15)10-13/h4,6,8-12,16H,1,5,7H2,2-3H3. The van der Waals surface area contributed by atoms with Gasteiger partial charge in [0.25, 0.3) is 0 Å². The molecule has 0 aromatic heterocycles. The molecule has 0 aliphatic carbocycles. The van der Waals surface area contributed by atoms with Crippen LogP contribution >= 0.6 is 0 Å². The molecule has 1 nitrogen and oxygen atoms in total. The van der Waals surface area contributed by atoms with Gasteiger partial charge in [0.15, 0.2) is 0 Å². The van der Waals surface area contributed by atoms with E-state index in [-0.39, 0.29) is 11.9 Å². The molecule has 16 heavy (non-hydrogen) atoms. The molecule has 0 radical (unpaired) electrons. The zero-order chi connectivity index (χ0) is 12.0. The number of nitrogens with one attached hydrogen (secondary N) is 1. The Bertz CT molecular complexity index is 335. The lowest BCUT2D eigenvalue weighted by molar-refractivity contribution is 0.457. The first-order valence-electron chi connectivity index (χ1n) is 5.76. The zero-order valence-corrected chi connectivity index (χ0v) is 10.0. The van der Waals surface area contributed by atoms with Gasteiger partial charge >= 0.3 is 0 Å². The highest BCUT2D eigenvalue weighted by Gasteiger charge is 2.09. The maximum atomic E-state index is 13.0. The lowest BCUT2D eigenvalue weighted by Gasteiger charge is -2.20. The minimum Gasteiger partial charge on any atom is -0.308 e. The van der Waals surface area contributed by atoms with Gasteiger partial charge < -0.3 is 5.32 Å². The summed E-state index contributed by atoms with van der Waals surface area (Å²) in [6, 6.07) is 7.33. The Balaban J connectivity index is 2.51. The second-order valence-electron chi connectivity index (χ2n) is 4.21. The highest BCUT2D eigenvalue weighted by Crippen LogP contribution is 2.15. The van der Waals surface area contributed by atoms with Crippen molar-refractivity contribution < 1.29 is 4.39 Å². The van der Waals surface area contributed by atoms with Crippen LogP contribution in [-0.4, -0.2) is 6.04 Å². The average Bonchev–Trinajstić information content (AvgIpc) is 2.26. The second-order valence-corrected chi connectivity index (χ2v) is 4.21. The van der Waals surface area contributed by atoms with Crippen LogP contribution in [0.2, 0.25) is 0 Å². The summed E-state index contributed by atoms with van der Waals surface area (Å²) < 4.78 is 13.0. The Morgan fingerprint density at radius 1 is 1.44 bits per heavy atom. The molecule has 0 heterocycles. The predicted molar refractivity (Wildman–Crippen MR) is 66.8 cm³/mol. The van der Waals surface area contributed by atoms with Crippen LogP contribution in [0.3, 0.4) is 0 Å². The van der Waals surface area contributed by atoms with Crippen LogP contribution in [-0.2, 0) is 0 Å². The molecule has 0 amide bonds. The van der Waals surface area contributed by atoms with Crippen molar-refractivity contribution in [3.63, 3.8) is 0 Å². The quantitative estimate of drug-likeness (QED) is 0.720. The average molecular weight is 221 g/mol. The van der Waals surface area contributed by atoms with Gasteiger partial charge in [0.2, 0.25) is 0 Å². The van der Waals surface area contributed by atoms with Gasteiger partial charge in [-0.2, -0.15) is 0 Å². The van der Waals surface area contributed by atoms with Gasteiger partial charge in [-0.1, -0.05) is 18.2 Å². The number of hydrogen-bond donors (Lipinski definition) is 1. The number of allylic oxidation sites excluding steroid dienone is 1. The molecule has 0 bridgehead atoms. The molecule has 2 unspecified atom stereocenters. The number of halogens is 1. The lowest BCUT2D eigenvalue weighted by atomic mass is 10.1. The van der Waals surface area contributed by atoms with Crippen molar-refractivity contribution in [2.75, 3.05) is 0 Å². The number of benzene rings is 1. The monoisotopic (exact) mass is 221 g/mol. The van der Waals surface area contributed by atoms with E-state index < -0.39 is 0 Å². The molecule has 0 aliphatic rings. The third kappa shape index (κ3) is 4.15. The van der Waals surface area contributed by atoms with Gasteiger partial charge in [-0.05, 0) is 44.4 Å². The van der Waals surface area contributed by atoms with Crippen LogP contribution in [0.25, 0.3) is 0 Å². The van der Waals surface area contributed by atoms with E-state index in [1.807, 2.05) is 12.1 Å². The van der Waals surface area contributed by atoms with Crippen LogP contribution in [0.4, 0.5) is 4.39 Å². The van der Waals surface area contributed by atoms with Crippen molar-refractivity contribution in [3.05, 3.63) is 48.3 Å². The Hall–Kier alpha value is -1.15. The van der Waals surface area contributed by atoms with Crippen molar-refractivity contribution in [3.8, 4) is 0 Å². The topological polar surface area (TPSA) is 12.0 Å². The number of hydrogen-bond acceptors (Lipinski definition) is 1. The second kappa shape index (κ2) is 6.44. The van der Waals surface area contributed by atoms with Gasteiger partial charge in [-0.25, -0.2) is 4.39 Å². The summed E-state index contributed by atoms with van der Waals surface area (Å²) >= 11 is 0. The van der Waals surface area contributed by atoms with E-state index in [1.165, 1.54) is 6.07 Å². The van der Waals surface area contributed by atoms with Crippen molar-refractivity contribution in [1.29, 1.82) is 0 Å². The minimum absolute atomic E-state index is 0.176. The first kappa shape index (κ1) is 12.9. The summed E-state index contributed by atoms with van der Waals surface area (Å²) in [5.74, 6) is -0.176. The molecule has 2 atom stereocenters. The molecule has 1 N–H and O–H groups in total. The van der Waals surface area contributed by atoms with E-state index in [2.05, 4.69) is 25.7 Å². The Labute approximate surface area is 97.4 Å². The molecule has 0 spiro atoms. The van der Waals surface area contributed by atoms with E-state index >= 15 is 0 Å². The zero-order valence-electron chi connectivity index (χ0n) is 10.0. The summed E-state index contributed by atoms with van der Waals surface area (Å²) in [6.07, 6.45) is 3.98. The largest absolute Gasteiger partial charge is 0.308 e. The first-order valence-corrected chi connectivity index (χ1v) is 5.76. The molecule has 0 fully saturated rings. The molecule has 1 aromatic carbocycles. The van der Waals surface area contributed by atoms with Gasteiger partial charge in [0.1, 0.15) is 5.82 Å². The molecule has 0 saturated carbocycles. The fraction of sp³-hybridized carbons (Fsp3) is 0.429. The third-order valence-corrected chi connectivity index (χ3v) is 2.69. The van der Waals surface area contributed by atoms with Crippen LogP contribution in [0.1, 0.15) is 38.3 Å². The van der Waals surface area contributed by atoms with Crippen molar-refractivity contribution in [2.45, 2.75) is 38.8 Å². The Kier molecular flexibility index (Phi) is 5.20. The van der Waals surface area contributed by atoms with Crippen molar-refractivity contribution in [2.24, 2.45) is 0 Å². The fourth-order valence-electron chi connectivity index (χ4n) is 1.75.